The maximum absolute atomic E-state index is 5.75. The minimum Gasteiger partial charge on any atom is -0.497 e. The van der Waals surface area contributed by atoms with Gasteiger partial charge in [-0.1, -0.05) is 12.2 Å². The molecule has 1 aliphatic heterocycles. The fourth-order valence-electron chi connectivity index (χ4n) is 1.91. The maximum atomic E-state index is 5.75. The van der Waals surface area contributed by atoms with Crippen LogP contribution in [-0.2, 0) is 4.74 Å². The van der Waals surface area contributed by atoms with E-state index in [0.29, 0.717) is 17.3 Å². The van der Waals surface area contributed by atoms with Crippen molar-refractivity contribution in [3.8, 4) is 11.5 Å². The van der Waals surface area contributed by atoms with Gasteiger partial charge in [0.2, 0.25) is 0 Å². The number of ether oxygens (including phenoxy) is 3. The lowest BCUT2D eigenvalue weighted by atomic mass is 10.2. The molecule has 2 N–H and O–H groups in total. The first kappa shape index (κ1) is 13.1. The second-order valence-electron chi connectivity index (χ2n) is 4.17. The molecule has 4 nitrogen and oxygen atoms in total. The van der Waals surface area contributed by atoms with E-state index in [0.717, 1.165) is 30.8 Å². The Balaban J connectivity index is 2.10. The zero-order valence-electron chi connectivity index (χ0n) is 10.3. The zero-order valence-corrected chi connectivity index (χ0v) is 11.2. The van der Waals surface area contributed by atoms with Gasteiger partial charge in [-0.3, -0.25) is 0 Å². The summed E-state index contributed by atoms with van der Waals surface area (Å²) >= 11 is 5.00. The van der Waals surface area contributed by atoms with Crippen molar-refractivity contribution in [1.29, 1.82) is 0 Å². The standard InChI is InChI=1S/C13H17NO3S/c1-15-9-4-5-11(13(14)18)12(7-9)17-8-10-3-2-6-16-10/h4-5,7,10H,2-3,6,8H2,1H3,(H2,14,18). The van der Waals surface area contributed by atoms with Crippen LogP contribution in [0.4, 0.5) is 0 Å². The Hall–Kier alpha value is -1.33. The van der Waals surface area contributed by atoms with Gasteiger partial charge in [0.1, 0.15) is 23.1 Å². The molecule has 0 aromatic heterocycles. The minimum absolute atomic E-state index is 0.162. The van der Waals surface area contributed by atoms with Gasteiger partial charge >= 0.3 is 0 Å². The number of hydrogen-bond acceptors (Lipinski definition) is 4. The average Bonchev–Trinajstić information content (AvgIpc) is 2.88. The minimum atomic E-state index is 0.162. The summed E-state index contributed by atoms with van der Waals surface area (Å²) in [5.41, 5.74) is 6.39. The zero-order chi connectivity index (χ0) is 13.0. The molecule has 5 heteroatoms. The Morgan fingerprint density at radius 2 is 2.39 bits per heavy atom. The molecule has 98 valence electrons. The van der Waals surface area contributed by atoms with Crippen molar-refractivity contribution in [1.82, 2.24) is 0 Å². The Kier molecular flexibility index (Phi) is 4.38. The molecule has 1 aromatic rings. The second kappa shape index (κ2) is 6.02. The van der Waals surface area contributed by atoms with Crippen molar-refractivity contribution < 1.29 is 14.2 Å². The van der Waals surface area contributed by atoms with Crippen LogP contribution in [0.2, 0.25) is 0 Å². The lowest BCUT2D eigenvalue weighted by Crippen LogP contribution is -2.18. The van der Waals surface area contributed by atoms with Crippen LogP contribution in [0.1, 0.15) is 18.4 Å². The van der Waals surface area contributed by atoms with Gasteiger partial charge in [-0.15, -0.1) is 0 Å². The lowest BCUT2D eigenvalue weighted by molar-refractivity contribution is 0.0678. The predicted octanol–water partition coefficient (Wildman–Crippen LogP) is 1.89. The van der Waals surface area contributed by atoms with E-state index in [9.17, 15) is 0 Å². The van der Waals surface area contributed by atoms with Crippen LogP contribution in [0.3, 0.4) is 0 Å². The van der Waals surface area contributed by atoms with Gasteiger partial charge in [0.15, 0.2) is 0 Å². The molecule has 1 heterocycles. The van der Waals surface area contributed by atoms with Crippen molar-refractivity contribution >= 4 is 17.2 Å². The molecule has 1 unspecified atom stereocenters. The molecule has 1 aromatic carbocycles. The molecule has 1 aliphatic rings. The van der Waals surface area contributed by atoms with Crippen LogP contribution in [0.5, 0.6) is 11.5 Å². The second-order valence-corrected chi connectivity index (χ2v) is 4.61. The smallest absolute Gasteiger partial charge is 0.133 e. The predicted molar refractivity (Wildman–Crippen MR) is 73.4 cm³/mol. The Labute approximate surface area is 112 Å². The molecule has 0 saturated carbocycles. The number of hydrogen-bond donors (Lipinski definition) is 1. The Morgan fingerprint density at radius 1 is 1.56 bits per heavy atom. The normalized spacial score (nSPS) is 18.6. The van der Waals surface area contributed by atoms with E-state index in [1.807, 2.05) is 12.1 Å². The topological polar surface area (TPSA) is 53.7 Å². The number of rotatable bonds is 5. The third-order valence-corrected chi connectivity index (χ3v) is 3.12. The summed E-state index contributed by atoms with van der Waals surface area (Å²) in [6.07, 6.45) is 2.29. The summed E-state index contributed by atoms with van der Waals surface area (Å²) < 4.78 is 16.4. The molecular formula is C13H17NO3S. The van der Waals surface area contributed by atoms with Crippen molar-refractivity contribution in [2.75, 3.05) is 20.3 Å². The van der Waals surface area contributed by atoms with Gasteiger partial charge in [0.05, 0.1) is 18.8 Å². The summed E-state index contributed by atoms with van der Waals surface area (Å²) in [7, 11) is 1.61. The molecule has 0 amide bonds. The summed E-state index contributed by atoms with van der Waals surface area (Å²) in [6.45, 7) is 1.33. The van der Waals surface area contributed by atoms with Gasteiger partial charge in [-0.25, -0.2) is 0 Å². The third kappa shape index (κ3) is 3.11. The lowest BCUT2D eigenvalue weighted by Gasteiger charge is -2.15. The van der Waals surface area contributed by atoms with E-state index in [2.05, 4.69) is 0 Å². The van der Waals surface area contributed by atoms with Crippen molar-refractivity contribution in [3.05, 3.63) is 23.8 Å². The Morgan fingerprint density at radius 3 is 3.00 bits per heavy atom. The van der Waals surface area contributed by atoms with Crippen LogP contribution in [0.15, 0.2) is 18.2 Å². The highest BCUT2D eigenvalue weighted by molar-refractivity contribution is 7.80. The molecule has 1 atom stereocenters. The van der Waals surface area contributed by atoms with Gasteiger partial charge in [0.25, 0.3) is 0 Å². The summed E-state index contributed by atoms with van der Waals surface area (Å²) in [5, 5.41) is 0. The number of methoxy groups -OCH3 is 1. The molecule has 0 bridgehead atoms. The van der Waals surface area contributed by atoms with E-state index in [1.165, 1.54) is 0 Å². The SMILES string of the molecule is COc1ccc(C(N)=S)c(OCC2CCCO2)c1. The fraction of sp³-hybridized carbons (Fsp3) is 0.462. The highest BCUT2D eigenvalue weighted by atomic mass is 32.1. The monoisotopic (exact) mass is 267 g/mol. The van der Waals surface area contributed by atoms with E-state index < -0.39 is 0 Å². The molecule has 0 aliphatic carbocycles. The molecule has 1 fully saturated rings. The van der Waals surface area contributed by atoms with E-state index >= 15 is 0 Å². The van der Waals surface area contributed by atoms with E-state index in [-0.39, 0.29) is 6.10 Å². The van der Waals surface area contributed by atoms with Gasteiger partial charge in [-0.2, -0.15) is 0 Å². The first-order chi connectivity index (χ1) is 8.70. The van der Waals surface area contributed by atoms with Crippen molar-refractivity contribution in [2.24, 2.45) is 5.73 Å². The number of nitrogens with two attached hydrogens (primary N) is 1. The van der Waals surface area contributed by atoms with Crippen LogP contribution in [-0.4, -0.2) is 31.4 Å². The highest BCUT2D eigenvalue weighted by Gasteiger charge is 2.17. The molecule has 1 saturated heterocycles. The number of benzene rings is 1. The van der Waals surface area contributed by atoms with Gasteiger partial charge in [0, 0.05) is 12.7 Å². The largest absolute Gasteiger partial charge is 0.497 e. The summed E-state index contributed by atoms with van der Waals surface area (Å²) in [4.78, 5) is 0.319. The average molecular weight is 267 g/mol. The summed E-state index contributed by atoms with van der Waals surface area (Å²) in [6, 6.07) is 5.42. The van der Waals surface area contributed by atoms with Crippen LogP contribution >= 0.6 is 12.2 Å². The first-order valence-electron chi connectivity index (χ1n) is 5.93. The molecule has 0 radical (unpaired) electrons. The van der Waals surface area contributed by atoms with Crippen LogP contribution in [0, 0.1) is 0 Å². The number of thiocarbonyl (C=S) groups is 1. The first-order valence-corrected chi connectivity index (χ1v) is 6.34. The third-order valence-electron chi connectivity index (χ3n) is 2.90. The van der Waals surface area contributed by atoms with Gasteiger partial charge < -0.3 is 19.9 Å². The molecule has 0 spiro atoms. The molecule has 18 heavy (non-hydrogen) atoms. The van der Waals surface area contributed by atoms with Gasteiger partial charge in [-0.05, 0) is 25.0 Å². The van der Waals surface area contributed by atoms with Crippen LogP contribution < -0.4 is 15.2 Å². The maximum Gasteiger partial charge on any atom is 0.133 e. The quantitative estimate of drug-likeness (QED) is 0.826. The van der Waals surface area contributed by atoms with Crippen molar-refractivity contribution in [3.63, 3.8) is 0 Å². The Bertz CT molecular complexity index is 430. The highest BCUT2D eigenvalue weighted by Crippen LogP contribution is 2.25. The van der Waals surface area contributed by atoms with E-state index in [1.54, 1.807) is 13.2 Å². The fourth-order valence-corrected chi connectivity index (χ4v) is 2.08. The molecular weight excluding hydrogens is 250 g/mol. The van der Waals surface area contributed by atoms with Crippen molar-refractivity contribution in [2.45, 2.75) is 18.9 Å². The summed E-state index contributed by atoms with van der Waals surface area (Å²) in [5.74, 6) is 1.37. The van der Waals surface area contributed by atoms with E-state index in [4.69, 9.17) is 32.2 Å². The van der Waals surface area contributed by atoms with Crippen LogP contribution in [0.25, 0.3) is 0 Å². The molecule has 2 rings (SSSR count).